The average molecular weight is 782 g/mol. The van der Waals surface area contributed by atoms with E-state index in [2.05, 4.69) is 26.6 Å². The maximum atomic E-state index is 14.2. The highest BCUT2D eigenvalue weighted by Crippen LogP contribution is 2.44. The van der Waals surface area contributed by atoms with Crippen LogP contribution in [0.5, 0.6) is 11.5 Å². The molecule has 1 atom stereocenters. The Labute approximate surface area is 308 Å². The van der Waals surface area contributed by atoms with Crippen molar-refractivity contribution in [2.75, 3.05) is 50.2 Å². The number of aryl methyl sites for hydroxylation is 2. The molecular formula is C36H38BrClN6O5S. The number of aromatic nitrogens is 3. The van der Waals surface area contributed by atoms with Crippen molar-refractivity contribution in [2.45, 2.75) is 44.6 Å². The highest BCUT2D eigenvalue weighted by atomic mass is 79.9. The number of halogens is 2. The Kier molecular flexibility index (Phi) is 11.4. The predicted molar refractivity (Wildman–Crippen MR) is 198 cm³/mol. The van der Waals surface area contributed by atoms with Crippen molar-refractivity contribution in [1.29, 1.82) is 0 Å². The summed E-state index contributed by atoms with van der Waals surface area (Å²) < 4.78 is 19.8. The summed E-state index contributed by atoms with van der Waals surface area (Å²) in [5.74, 6) is 1.44. The largest absolute Gasteiger partial charge is 0.490 e. The van der Waals surface area contributed by atoms with Crippen LogP contribution in [0.1, 0.15) is 42.1 Å². The number of ether oxygens (including phenoxy) is 3. The molecule has 4 aromatic rings. The third-order valence-electron chi connectivity index (χ3n) is 8.37. The molecule has 0 saturated carbocycles. The van der Waals surface area contributed by atoms with E-state index >= 15 is 0 Å². The maximum absolute atomic E-state index is 14.2. The molecule has 0 radical (unpaired) electrons. The summed E-state index contributed by atoms with van der Waals surface area (Å²) in [5, 5.41) is 12.5. The predicted octanol–water partition coefficient (Wildman–Crippen LogP) is 7.17. The summed E-state index contributed by atoms with van der Waals surface area (Å²) in [5.41, 5.74) is 5.52. The summed E-state index contributed by atoms with van der Waals surface area (Å²) in [6.45, 7) is 9.94. The fraction of sp³-hybridized carbons (Fsp3) is 0.333. The van der Waals surface area contributed by atoms with Gasteiger partial charge in [-0.3, -0.25) is 9.59 Å². The minimum absolute atomic E-state index is 0.136. The fourth-order valence-electron chi connectivity index (χ4n) is 5.88. The molecule has 3 heterocycles. The molecule has 1 fully saturated rings. The zero-order chi connectivity index (χ0) is 35.4. The van der Waals surface area contributed by atoms with Gasteiger partial charge in [-0.25, -0.2) is 4.68 Å². The number of rotatable bonds is 11. The van der Waals surface area contributed by atoms with Crippen molar-refractivity contribution < 1.29 is 23.8 Å². The molecule has 0 aliphatic carbocycles. The number of benzene rings is 3. The molecule has 0 bridgehead atoms. The van der Waals surface area contributed by atoms with Crippen LogP contribution < -0.4 is 20.1 Å². The van der Waals surface area contributed by atoms with E-state index in [0.29, 0.717) is 93.3 Å². The van der Waals surface area contributed by atoms with Gasteiger partial charge in [-0.15, -0.1) is 5.10 Å². The van der Waals surface area contributed by atoms with Crippen LogP contribution in [0.3, 0.4) is 0 Å². The lowest BCUT2D eigenvalue weighted by molar-refractivity contribution is -0.137. The Balaban J connectivity index is 1.36. The lowest BCUT2D eigenvalue weighted by Gasteiger charge is -2.30. The van der Waals surface area contributed by atoms with Gasteiger partial charge in [0.15, 0.2) is 18.1 Å². The quantitative estimate of drug-likeness (QED) is 0.153. The molecule has 1 unspecified atom stereocenters. The Morgan fingerprint density at radius 1 is 1.10 bits per heavy atom. The molecule has 2 N–H and O–H groups in total. The SMILES string of the molecule is CCOc1cc(C2C(C(=O)Nc3ccc(C)cc3C)=C(C)Nc3nc(SCc4ccccc4Cl)nn32)cc(Br)c1OCC(=O)N1CCOCC1. The third-order valence-corrected chi connectivity index (χ3v) is 10.2. The van der Waals surface area contributed by atoms with Gasteiger partial charge >= 0.3 is 0 Å². The van der Waals surface area contributed by atoms with E-state index in [-0.39, 0.29) is 18.4 Å². The van der Waals surface area contributed by atoms with Gasteiger partial charge in [0.2, 0.25) is 11.1 Å². The highest BCUT2D eigenvalue weighted by Gasteiger charge is 2.36. The number of nitrogens with one attached hydrogen (secondary N) is 2. The summed E-state index contributed by atoms with van der Waals surface area (Å²) in [6.07, 6.45) is 0. The van der Waals surface area contributed by atoms with Gasteiger partial charge in [0.25, 0.3) is 11.8 Å². The molecule has 11 nitrogen and oxygen atoms in total. The second-order valence-corrected chi connectivity index (χ2v) is 14.1. The van der Waals surface area contributed by atoms with E-state index in [4.69, 9.17) is 35.9 Å². The first-order valence-corrected chi connectivity index (χ1v) is 18.4. The summed E-state index contributed by atoms with van der Waals surface area (Å²) >= 11 is 11.6. The molecule has 50 heavy (non-hydrogen) atoms. The molecule has 1 aromatic heterocycles. The van der Waals surface area contributed by atoms with Gasteiger partial charge in [-0.05, 0) is 84.6 Å². The van der Waals surface area contributed by atoms with Crippen molar-refractivity contribution in [3.8, 4) is 11.5 Å². The summed E-state index contributed by atoms with van der Waals surface area (Å²) in [4.78, 5) is 33.7. The first kappa shape index (κ1) is 35.8. The Morgan fingerprint density at radius 3 is 2.62 bits per heavy atom. The lowest BCUT2D eigenvalue weighted by Crippen LogP contribution is -2.43. The number of fused-ring (bicyclic) bond motifs is 1. The minimum Gasteiger partial charge on any atom is -0.490 e. The number of carbonyl (C=O) groups excluding carboxylic acids is 2. The number of allylic oxidation sites excluding steroid dienone is 1. The second kappa shape index (κ2) is 15.9. The van der Waals surface area contributed by atoms with E-state index < -0.39 is 6.04 Å². The second-order valence-electron chi connectivity index (χ2n) is 11.9. The van der Waals surface area contributed by atoms with Crippen molar-refractivity contribution in [3.63, 3.8) is 0 Å². The van der Waals surface area contributed by atoms with Crippen molar-refractivity contribution in [3.05, 3.63) is 97.6 Å². The van der Waals surface area contributed by atoms with E-state index in [1.54, 1.807) is 9.58 Å². The van der Waals surface area contributed by atoms with E-state index in [1.165, 1.54) is 11.8 Å². The molecule has 6 rings (SSSR count). The topological polar surface area (TPSA) is 120 Å². The van der Waals surface area contributed by atoms with Crippen LogP contribution in [-0.4, -0.2) is 71.0 Å². The van der Waals surface area contributed by atoms with Crippen LogP contribution in [0, 0.1) is 13.8 Å². The zero-order valence-corrected chi connectivity index (χ0v) is 31.4. The van der Waals surface area contributed by atoms with Crippen LogP contribution in [0.15, 0.2) is 75.5 Å². The Bertz CT molecular complexity index is 1950. The summed E-state index contributed by atoms with van der Waals surface area (Å²) in [7, 11) is 0. The van der Waals surface area contributed by atoms with E-state index in [9.17, 15) is 9.59 Å². The molecule has 2 aliphatic heterocycles. The number of carbonyl (C=O) groups is 2. The third kappa shape index (κ3) is 7.96. The first-order chi connectivity index (χ1) is 24.1. The Hall–Kier alpha value is -4.04. The Morgan fingerprint density at radius 2 is 1.88 bits per heavy atom. The van der Waals surface area contributed by atoms with Crippen LogP contribution in [-0.2, 0) is 20.1 Å². The van der Waals surface area contributed by atoms with Gasteiger partial charge < -0.3 is 29.7 Å². The number of anilines is 2. The van der Waals surface area contributed by atoms with Crippen LogP contribution in [0.4, 0.5) is 11.6 Å². The van der Waals surface area contributed by atoms with Gasteiger partial charge in [-0.1, -0.05) is 59.3 Å². The average Bonchev–Trinajstić information content (AvgIpc) is 3.50. The molecule has 14 heteroatoms. The molecule has 1 saturated heterocycles. The van der Waals surface area contributed by atoms with Gasteiger partial charge in [0.1, 0.15) is 6.04 Å². The van der Waals surface area contributed by atoms with Crippen molar-refractivity contribution >= 4 is 62.7 Å². The van der Waals surface area contributed by atoms with Gasteiger partial charge in [-0.2, -0.15) is 4.98 Å². The first-order valence-electron chi connectivity index (χ1n) is 16.3. The van der Waals surface area contributed by atoms with Crippen molar-refractivity contribution in [1.82, 2.24) is 19.7 Å². The summed E-state index contributed by atoms with van der Waals surface area (Å²) in [6, 6.07) is 16.6. The molecular weight excluding hydrogens is 744 g/mol. The number of nitrogens with zero attached hydrogens (tertiary/aromatic N) is 4. The molecule has 2 amide bonds. The monoisotopic (exact) mass is 780 g/mol. The number of amides is 2. The van der Waals surface area contributed by atoms with Crippen LogP contribution in [0.2, 0.25) is 5.02 Å². The molecule has 3 aromatic carbocycles. The van der Waals surface area contributed by atoms with E-state index in [0.717, 1.165) is 16.7 Å². The maximum Gasteiger partial charge on any atom is 0.260 e. The smallest absolute Gasteiger partial charge is 0.260 e. The molecule has 262 valence electrons. The normalized spacial score (nSPS) is 15.7. The van der Waals surface area contributed by atoms with Crippen LogP contribution in [0.25, 0.3) is 0 Å². The molecule has 2 aliphatic rings. The molecule has 0 spiro atoms. The fourth-order valence-corrected chi connectivity index (χ4v) is 7.57. The number of hydrogen-bond acceptors (Lipinski definition) is 9. The number of morpholine rings is 1. The van der Waals surface area contributed by atoms with Gasteiger partial charge in [0.05, 0.1) is 29.9 Å². The number of thioether (sulfide) groups is 1. The zero-order valence-electron chi connectivity index (χ0n) is 28.2. The number of hydrogen-bond donors (Lipinski definition) is 2. The van der Waals surface area contributed by atoms with E-state index in [1.807, 2.05) is 82.3 Å². The minimum atomic E-state index is -0.696. The van der Waals surface area contributed by atoms with Crippen LogP contribution >= 0.6 is 39.3 Å². The van der Waals surface area contributed by atoms with Crippen molar-refractivity contribution in [2.24, 2.45) is 0 Å². The van der Waals surface area contributed by atoms with Gasteiger partial charge in [0, 0.05) is 35.2 Å². The highest BCUT2D eigenvalue weighted by molar-refractivity contribution is 9.10. The standard InChI is InChI=1S/C36H38BrClN6O5S/c1-5-48-29-18-25(17-26(37)33(29)49-19-30(45)43-12-14-47-15-13-43)32-31(34(46)40-28-11-10-21(2)16-22(28)3)23(4)39-35-41-36(42-44(32)35)50-20-24-8-6-7-9-27(24)38/h6-11,16-18,32H,5,12-15,19-20H2,1-4H3,(H,40,46)(H,39,41,42). The lowest BCUT2D eigenvalue weighted by atomic mass is 9.94.